The number of carbonyl (C=O) groups excluding carboxylic acids is 3. The van der Waals surface area contributed by atoms with Crippen LogP contribution in [0.25, 0.3) is 0 Å². The van der Waals surface area contributed by atoms with E-state index in [4.69, 9.17) is 32.8 Å². The Bertz CT molecular complexity index is 1540. The molecule has 5 atom stereocenters. The maximum atomic E-state index is 14.3. The monoisotopic (exact) mass is 657 g/mol. The second kappa shape index (κ2) is 14.3. The van der Waals surface area contributed by atoms with Crippen LogP contribution in [-0.4, -0.2) is 52.7 Å². The minimum atomic E-state index is -1.31. The van der Waals surface area contributed by atoms with Gasteiger partial charge in [0.2, 0.25) is 0 Å². The number of carbonyl (C=O) groups is 3. The molecule has 2 amide bonds. The molecule has 5 rings (SSSR count). The van der Waals surface area contributed by atoms with E-state index in [1.54, 1.807) is 77.9 Å². The normalized spacial score (nSPS) is 22.2. The van der Waals surface area contributed by atoms with Gasteiger partial charge in [-0.2, -0.15) is 0 Å². The minimum Gasteiger partial charge on any atom is -0.598 e. The van der Waals surface area contributed by atoms with Gasteiger partial charge in [0.15, 0.2) is 0 Å². The fraction of sp³-hybridized carbons (Fsp3) is 0.344. The van der Waals surface area contributed by atoms with E-state index in [1.807, 2.05) is 0 Å². The molecule has 2 aliphatic rings. The van der Waals surface area contributed by atoms with Crippen molar-refractivity contribution in [3.8, 4) is 0 Å². The topological polar surface area (TPSA) is 120 Å². The molecule has 3 aromatic carbocycles. The van der Waals surface area contributed by atoms with Gasteiger partial charge in [0.05, 0.1) is 43.3 Å². The third-order valence-electron chi connectivity index (χ3n) is 8.10. The van der Waals surface area contributed by atoms with Crippen LogP contribution in [-0.2, 0) is 32.3 Å². The first-order chi connectivity index (χ1) is 21.2. The van der Waals surface area contributed by atoms with Crippen LogP contribution < -0.4 is 10.2 Å². The third kappa shape index (κ3) is 6.91. The van der Waals surface area contributed by atoms with Crippen molar-refractivity contribution in [3.63, 3.8) is 0 Å². The number of benzene rings is 3. The van der Waals surface area contributed by atoms with Gasteiger partial charge < -0.3 is 14.2 Å². The van der Waals surface area contributed by atoms with E-state index in [9.17, 15) is 18.9 Å². The zero-order valence-electron chi connectivity index (χ0n) is 24.3. The molecule has 1 aliphatic heterocycles. The summed E-state index contributed by atoms with van der Waals surface area (Å²) in [5, 5.41) is 0.738. The summed E-state index contributed by atoms with van der Waals surface area (Å²) < 4.78 is 20.2. The highest BCUT2D eigenvalue weighted by Crippen LogP contribution is 2.47. The predicted octanol–water partition coefficient (Wildman–Crippen LogP) is 5.50. The van der Waals surface area contributed by atoms with Crippen LogP contribution in [0.4, 0.5) is 0 Å². The number of hydrogen-bond acceptors (Lipinski definition) is 7. The Labute approximate surface area is 269 Å². The average molecular weight is 659 g/mol. The molecule has 0 radical (unpaired) electrons. The Hall–Kier alpha value is -3.12. The van der Waals surface area contributed by atoms with Gasteiger partial charge in [0, 0.05) is 27.0 Å². The number of ether oxygens (including phenoxy) is 1. The zero-order chi connectivity index (χ0) is 31.4. The van der Waals surface area contributed by atoms with Crippen molar-refractivity contribution in [2.24, 2.45) is 0 Å². The second-order valence-corrected chi connectivity index (χ2v) is 12.9. The lowest BCUT2D eigenvalue weighted by Gasteiger charge is -2.48. The van der Waals surface area contributed by atoms with Gasteiger partial charge in [-0.1, -0.05) is 72.4 Å². The van der Waals surface area contributed by atoms with E-state index < -0.39 is 35.2 Å². The molecular weight excluding hydrogens is 625 g/mol. The predicted molar refractivity (Wildman–Crippen MR) is 169 cm³/mol. The van der Waals surface area contributed by atoms with Crippen LogP contribution in [0, 0.1) is 0 Å². The lowest BCUT2D eigenvalue weighted by atomic mass is 9.76. The van der Waals surface area contributed by atoms with Gasteiger partial charge in [0.1, 0.15) is 6.26 Å². The largest absolute Gasteiger partial charge is 0.598 e. The highest BCUT2D eigenvalue weighted by molar-refractivity contribution is 7.88. The van der Waals surface area contributed by atoms with Crippen LogP contribution in [0.3, 0.4) is 0 Å². The van der Waals surface area contributed by atoms with E-state index in [2.05, 4.69) is 10.2 Å². The maximum absolute atomic E-state index is 14.3. The molecule has 1 saturated carbocycles. The lowest BCUT2D eigenvalue weighted by Crippen LogP contribution is -2.59. The molecule has 0 saturated heterocycles. The Morgan fingerprint density at radius 1 is 1.02 bits per heavy atom. The quantitative estimate of drug-likeness (QED) is 0.177. The molecule has 3 aromatic rings. The van der Waals surface area contributed by atoms with E-state index in [0.717, 1.165) is 19.3 Å². The van der Waals surface area contributed by atoms with Gasteiger partial charge in [-0.15, -0.1) is 4.72 Å². The molecule has 232 valence electrons. The molecule has 2 unspecified atom stereocenters. The number of fused-ring (bicyclic) bond motifs is 1. The van der Waals surface area contributed by atoms with E-state index in [1.165, 1.54) is 7.11 Å². The van der Waals surface area contributed by atoms with Crippen molar-refractivity contribution in [1.82, 2.24) is 15.1 Å². The molecule has 0 spiro atoms. The smallest absolute Gasteiger partial charge is 0.337 e. The van der Waals surface area contributed by atoms with E-state index >= 15 is 0 Å². The highest BCUT2D eigenvalue weighted by Gasteiger charge is 2.49. The molecule has 1 fully saturated rings. The van der Waals surface area contributed by atoms with Gasteiger partial charge in [-0.3, -0.25) is 14.4 Å². The number of hydroxylamine groups is 1. The summed E-state index contributed by atoms with van der Waals surface area (Å²) >= 11 is 11.7. The third-order valence-corrected chi connectivity index (χ3v) is 9.30. The zero-order valence-corrected chi connectivity index (χ0v) is 26.6. The van der Waals surface area contributed by atoms with Gasteiger partial charge in [0.25, 0.3) is 11.8 Å². The number of nitrogens with one attached hydrogen (secondary N) is 2. The Kier molecular flexibility index (Phi) is 10.5. The molecule has 1 heterocycles. The van der Waals surface area contributed by atoms with Crippen LogP contribution >= 0.6 is 23.2 Å². The van der Waals surface area contributed by atoms with Gasteiger partial charge >= 0.3 is 5.97 Å². The van der Waals surface area contributed by atoms with Gasteiger partial charge in [-0.25, -0.2) is 10.3 Å². The summed E-state index contributed by atoms with van der Waals surface area (Å²) in [6.45, 7) is -0.0170. The first-order valence-corrected chi connectivity index (χ1v) is 16.6. The van der Waals surface area contributed by atoms with Gasteiger partial charge in [-0.05, 0) is 59.9 Å². The first-order valence-electron chi connectivity index (χ1n) is 14.2. The molecule has 2 N–H and O–H groups in total. The number of hydrogen-bond donors (Lipinski definition) is 2. The highest BCUT2D eigenvalue weighted by atomic mass is 35.5. The van der Waals surface area contributed by atoms with Crippen molar-refractivity contribution in [3.05, 3.63) is 105 Å². The summed E-state index contributed by atoms with van der Waals surface area (Å²) in [5.74, 6) is -2.10. The summed E-state index contributed by atoms with van der Waals surface area (Å²) in [7, 11) is 1.30. The number of amides is 2. The molecular formula is C32H33Cl2N3O6S. The summed E-state index contributed by atoms with van der Waals surface area (Å²) in [5.41, 5.74) is 5.10. The summed E-state index contributed by atoms with van der Waals surface area (Å²) in [4.78, 5) is 47.9. The van der Waals surface area contributed by atoms with Crippen LogP contribution in [0.5, 0.6) is 0 Å². The Balaban J connectivity index is 1.53. The lowest BCUT2D eigenvalue weighted by molar-refractivity contribution is -0.138. The first kappa shape index (κ1) is 32.3. The number of esters is 1. The summed E-state index contributed by atoms with van der Waals surface area (Å²) in [6.07, 6.45) is 4.75. The number of methoxy groups -OCH3 is 1. The Morgan fingerprint density at radius 3 is 2.55 bits per heavy atom. The van der Waals surface area contributed by atoms with Crippen molar-refractivity contribution in [2.75, 3.05) is 13.4 Å². The summed E-state index contributed by atoms with van der Waals surface area (Å²) in [6, 6.07) is 17.3. The minimum absolute atomic E-state index is 0.0170. The van der Waals surface area contributed by atoms with Crippen LogP contribution in [0.1, 0.15) is 75.0 Å². The fourth-order valence-corrected chi connectivity index (χ4v) is 7.45. The molecule has 1 aliphatic carbocycles. The standard InChI is InChI=1S/C32H33Cl2N3O6S/c1-42-32(40)20-9-7-8-19(16-20)18-43-35-30(38)28-22-10-3-4-11-23(22)31(39)37(27-13-6-5-12-26(27)36-44(2)41)29(28)24-15-14-21(33)17-25(24)34/h3-4,7-11,14-17,26-29,36H,5-6,12-13,18H2,1-2H3,(H,35,38)/t26-,27?,28+,29-,44?/m0/s1. The Morgan fingerprint density at radius 2 is 1.80 bits per heavy atom. The molecule has 44 heavy (non-hydrogen) atoms. The van der Waals surface area contributed by atoms with Crippen molar-refractivity contribution >= 4 is 52.3 Å². The molecule has 12 heteroatoms. The van der Waals surface area contributed by atoms with E-state index in [0.29, 0.717) is 44.3 Å². The van der Waals surface area contributed by atoms with Crippen LogP contribution in [0.2, 0.25) is 10.0 Å². The van der Waals surface area contributed by atoms with Crippen molar-refractivity contribution in [1.29, 1.82) is 0 Å². The SMILES string of the molecule is COC(=O)c1cccc(CONC(=O)[C@@H]2c3ccccc3C(=O)N(C3CCCC[C@@H]3N[S+](C)[O-])[C@H]2c2ccc(Cl)cc2Cl)c1. The average Bonchev–Trinajstić information content (AvgIpc) is 3.01. The van der Waals surface area contributed by atoms with E-state index in [-0.39, 0.29) is 24.6 Å². The molecule has 0 aromatic heterocycles. The number of halogens is 2. The number of rotatable bonds is 9. The fourth-order valence-electron chi connectivity index (χ4n) is 6.23. The van der Waals surface area contributed by atoms with Crippen LogP contribution in [0.15, 0.2) is 66.7 Å². The number of nitrogens with zero attached hydrogens (tertiary/aromatic N) is 1. The molecule has 9 nitrogen and oxygen atoms in total. The second-order valence-electron chi connectivity index (χ2n) is 10.9. The maximum Gasteiger partial charge on any atom is 0.337 e. The van der Waals surface area contributed by atoms with Crippen molar-refractivity contribution in [2.45, 2.75) is 56.3 Å². The molecule has 0 bridgehead atoms. The van der Waals surface area contributed by atoms with Crippen molar-refractivity contribution < 1.29 is 28.5 Å².